The van der Waals surface area contributed by atoms with Crippen LogP contribution in [0.5, 0.6) is 0 Å². The molecule has 0 saturated heterocycles. The van der Waals surface area contributed by atoms with E-state index in [2.05, 4.69) is 5.43 Å². The third-order valence-electron chi connectivity index (χ3n) is 1.56. The molecule has 3 heteroatoms. The number of hydrogen-bond acceptors (Lipinski definition) is 3. The van der Waals surface area contributed by atoms with E-state index in [1.54, 1.807) is 0 Å². The zero-order chi connectivity index (χ0) is 8.10. The molecule has 0 saturated carbocycles. The van der Waals surface area contributed by atoms with E-state index in [-0.39, 0.29) is 0 Å². The van der Waals surface area contributed by atoms with Crippen molar-refractivity contribution in [3.05, 3.63) is 35.4 Å². The maximum absolute atomic E-state index is 5.43. The van der Waals surface area contributed by atoms with Gasteiger partial charge in [-0.15, -0.1) is 0 Å². The Kier molecular flexibility index (Phi) is 3.04. The van der Waals surface area contributed by atoms with Gasteiger partial charge in [0, 0.05) is 13.1 Å². The smallest absolute Gasteiger partial charge is 0.0348 e. The van der Waals surface area contributed by atoms with Crippen molar-refractivity contribution >= 4 is 0 Å². The molecule has 60 valence electrons. The molecule has 0 unspecified atom stereocenters. The Balaban J connectivity index is 2.66. The normalized spacial score (nSPS) is 10.0. The maximum atomic E-state index is 5.43. The molecule has 5 N–H and O–H groups in total. The van der Waals surface area contributed by atoms with Crippen molar-refractivity contribution in [1.82, 2.24) is 5.43 Å². The summed E-state index contributed by atoms with van der Waals surface area (Å²) < 4.78 is 0. The Bertz CT molecular complexity index is 205. The zero-order valence-electron chi connectivity index (χ0n) is 6.38. The van der Waals surface area contributed by atoms with Gasteiger partial charge in [-0.3, -0.25) is 11.3 Å². The van der Waals surface area contributed by atoms with Gasteiger partial charge in [0.2, 0.25) is 0 Å². The summed E-state index contributed by atoms with van der Waals surface area (Å²) in [6, 6.07) is 8.05. The fourth-order valence-corrected chi connectivity index (χ4v) is 0.911. The highest BCUT2D eigenvalue weighted by molar-refractivity contribution is 5.21. The van der Waals surface area contributed by atoms with Crippen LogP contribution in [-0.2, 0) is 13.1 Å². The molecule has 3 nitrogen and oxygen atoms in total. The SMILES string of the molecule is NCc1ccc(CNN)cc1. The molecular formula is C8H13N3. The van der Waals surface area contributed by atoms with E-state index >= 15 is 0 Å². The van der Waals surface area contributed by atoms with E-state index in [1.807, 2.05) is 24.3 Å². The van der Waals surface area contributed by atoms with Gasteiger partial charge in [0.1, 0.15) is 0 Å². The van der Waals surface area contributed by atoms with Crippen LogP contribution in [0.2, 0.25) is 0 Å². The van der Waals surface area contributed by atoms with E-state index in [4.69, 9.17) is 11.6 Å². The first kappa shape index (κ1) is 8.20. The van der Waals surface area contributed by atoms with Crippen molar-refractivity contribution in [1.29, 1.82) is 0 Å². The monoisotopic (exact) mass is 151 g/mol. The van der Waals surface area contributed by atoms with Crippen molar-refractivity contribution in [3.63, 3.8) is 0 Å². The first-order chi connectivity index (χ1) is 5.36. The highest BCUT2D eigenvalue weighted by Gasteiger charge is 1.90. The molecule has 0 spiro atoms. The lowest BCUT2D eigenvalue weighted by Crippen LogP contribution is -2.20. The number of hydrogen-bond donors (Lipinski definition) is 3. The Labute approximate surface area is 66.4 Å². The van der Waals surface area contributed by atoms with E-state index < -0.39 is 0 Å². The first-order valence-electron chi connectivity index (χ1n) is 3.58. The van der Waals surface area contributed by atoms with Gasteiger partial charge in [-0.1, -0.05) is 24.3 Å². The lowest BCUT2D eigenvalue weighted by Gasteiger charge is -2.00. The molecule has 0 bridgehead atoms. The highest BCUT2D eigenvalue weighted by atomic mass is 15.2. The van der Waals surface area contributed by atoms with Crippen LogP contribution in [-0.4, -0.2) is 0 Å². The van der Waals surface area contributed by atoms with E-state index in [0.717, 1.165) is 5.56 Å². The number of nitrogens with two attached hydrogens (primary N) is 2. The average Bonchev–Trinajstić information content (AvgIpc) is 2.07. The third-order valence-corrected chi connectivity index (χ3v) is 1.56. The Morgan fingerprint density at radius 3 is 2.09 bits per heavy atom. The molecule has 0 aliphatic heterocycles. The zero-order valence-corrected chi connectivity index (χ0v) is 6.38. The predicted molar refractivity (Wildman–Crippen MR) is 45.4 cm³/mol. The highest BCUT2D eigenvalue weighted by Crippen LogP contribution is 2.02. The van der Waals surface area contributed by atoms with Crippen molar-refractivity contribution in [2.75, 3.05) is 0 Å². The van der Waals surface area contributed by atoms with Crippen LogP contribution >= 0.6 is 0 Å². The molecule has 0 fully saturated rings. The summed E-state index contributed by atoms with van der Waals surface area (Å²) in [6.45, 7) is 1.29. The topological polar surface area (TPSA) is 64.1 Å². The lowest BCUT2D eigenvalue weighted by atomic mass is 10.1. The summed E-state index contributed by atoms with van der Waals surface area (Å²) in [4.78, 5) is 0. The summed E-state index contributed by atoms with van der Waals surface area (Å²) in [5.41, 5.74) is 10.3. The van der Waals surface area contributed by atoms with Gasteiger partial charge < -0.3 is 5.73 Å². The predicted octanol–water partition coefficient (Wildman–Crippen LogP) is 0.109. The fraction of sp³-hybridized carbons (Fsp3) is 0.250. The summed E-state index contributed by atoms with van der Waals surface area (Å²) in [7, 11) is 0. The molecule has 1 aromatic carbocycles. The third kappa shape index (κ3) is 2.31. The Morgan fingerprint density at radius 2 is 1.64 bits per heavy atom. The van der Waals surface area contributed by atoms with Crippen LogP contribution in [0.15, 0.2) is 24.3 Å². The lowest BCUT2D eigenvalue weighted by molar-refractivity contribution is 0.741. The quantitative estimate of drug-likeness (QED) is 0.424. The van der Waals surface area contributed by atoms with Gasteiger partial charge in [-0.2, -0.15) is 0 Å². The molecule has 0 aliphatic rings. The van der Waals surface area contributed by atoms with Crippen LogP contribution in [0.1, 0.15) is 11.1 Å². The molecule has 0 atom stereocenters. The molecule has 1 aromatic rings. The molecule has 1 rings (SSSR count). The van der Waals surface area contributed by atoms with E-state index in [0.29, 0.717) is 13.1 Å². The van der Waals surface area contributed by atoms with Crippen molar-refractivity contribution in [3.8, 4) is 0 Å². The van der Waals surface area contributed by atoms with Gasteiger partial charge in [-0.25, -0.2) is 0 Å². The van der Waals surface area contributed by atoms with Crippen molar-refractivity contribution in [2.45, 2.75) is 13.1 Å². The number of benzene rings is 1. The van der Waals surface area contributed by atoms with Gasteiger partial charge in [0.15, 0.2) is 0 Å². The van der Waals surface area contributed by atoms with Crippen LogP contribution in [0.3, 0.4) is 0 Å². The summed E-state index contributed by atoms with van der Waals surface area (Å²) in [6.07, 6.45) is 0. The summed E-state index contributed by atoms with van der Waals surface area (Å²) in [5.74, 6) is 5.16. The van der Waals surface area contributed by atoms with Crippen LogP contribution in [0.4, 0.5) is 0 Å². The number of rotatable bonds is 3. The molecule has 0 heterocycles. The fourth-order valence-electron chi connectivity index (χ4n) is 0.911. The molecule has 0 radical (unpaired) electrons. The molecule has 11 heavy (non-hydrogen) atoms. The molecule has 0 aromatic heterocycles. The summed E-state index contributed by atoms with van der Waals surface area (Å²) >= 11 is 0. The van der Waals surface area contributed by atoms with Crippen LogP contribution in [0.25, 0.3) is 0 Å². The molecule has 0 aliphatic carbocycles. The minimum atomic E-state index is 0.594. The molecule has 0 amide bonds. The van der Waals surface area contributed by atoms with Gasteiger partial charge >= 0.3 is 0 Å². The second-order valence-corrected chi connectivity index (χ2v) is 2.40. The van der Waals surface area contributed by atoms with E-state index in [9.17, 15) is 0 Å². The van der Waals surface area contributed by atoms with Crippen molar-refractivity contribution in [2.24, 2.45) is 11.6 Å². The van der Waals surface area contributed by atoms with Crippen molar-refractivity contribution < 1.29 is 0 Å². The molecular weight excluding hydrogens is 138 g/mol. The largest absolute Gasteiger partial charge is 0.326 e. The van der Waals surface area contributed by atoms with Gasteiger partial charge in [0.25, 0.3) is 0 Å². The second-order valence-electron chi connectivity index (χ2n) is 2.40. The number of nitrogens with one attached hydrogen (secondary N) is 1. The number of hydrazine groups is 1. The van der Waals surface area contributed by atoms with Crippen LogP contribution < -0.4 is 17.0 Å². The average molecular weight is 151 g/mol. The van der Waals surface area contributed by atoms with E-state index in [1.165, 1.54) is 5.56 Å². The minimum absolute atomic E-state index is 0.594. The van der Waals surface area contributed by atoms with Gasteiger partial charge in [0.05, 0.1) is 0 Å². The van der Waals surface area contributed by atoms with Crippen LogP contribution in [0, 0.1) is 0 Å². The summed E-state index contributed by atoms with van der Waals surface area (Å²) in [5, 5.41) is 0. The second kappa shape index (κ2) is 4.08. The maximum Gasteiger partial charge on any atom is 0.0348 e. The van der Waals surface area contributed by atoms with Gasteiger partial charge in [-0.05, 0) is 11.1 Å². The minimum Gasteiger partial charge on any atom is -0.326 e. The standard InChI is InChI=1S/C8H13N3/c9-5-7-1-3-8(4-2-7)6-11-10/h1-4,11H,5-6,9-10H2. The Hall–Kier alpha value is -0.900. The Morgan fingerprint density at radius 1 is 1.09 bits per heavy atom. The first-order valence-corrected chi connectivity index (χ1v) is 3.58.